The van der Waals surface area contributed by atoms with Gasteiger partial charge in [0.15, 0.2) is 0 Å². The molecule has 2 aromatic heterocycles. The van der Waals surface area contributed by atoms with Crippen molar-refractivity contribution in [3.05, 3.63) is 90.6 Å². The predicted octanol–water partition coefficient (Wildman–Crippen LogP) is 6.20. The molecule has 3 aromatic carbocycles. The summed E-state index contributed by atoms with van der Waals surface area (Å²) in [6.45, 7) is 2.10. The van der Waals surface area contributed by atoms with Gasteiger partial charge in [0, 0.05) is 33.8 Å². The molecule has 0 atom stereocenters. The molecule has 0 saturated heterocycles. The van der Waals surface area contributed by atoms with Gasteiger partial charge in [-0.3, -0.25) is 0 Å². The summed E-state index contributed by atoms with van der Waals surface area (Å²) in [4.78, 5) is 11.9. The minimum absolute atomic E-state index is 0.881. The highest BCUT2D eigenvalue weighted by molar-refractivity contribution is 5.98. The highest BCUT2D eigenvalue weighted by atomic mass is 14.9. The number of nitrogens with zero attached hydrogens (tertiary/aromatic N) is 1. The van der Waals surface area contributed by atoms with Gasteiger partial charge in [-0.1, -0.05) is 78.4 Å². The lowest BCUT2D eigenvalue weighted by Gasteiger charge is -2.03. The quantitative estimate of drug-likeness (QED) is 0.400. The number of aryl methyl sites for hydroxylation is 1. The van der Waals surface area contributed by atoms with Crippen molar-refractivity contribution in [1.82, 2.24) is 15.0 Å². The molecule has 0 spiro atoms. The standard InChI is InChI=1S/C24H19N3/c1-16-11-13-17(14-12-16)22-23(20-15-25-21-10-6-5-9-19(20)21)27-24(26-22)18-7-3-2-4-8-18/h2-15,25H,1H3,(H,26,27). The van der Waals surface area contributed by atoms with Gasteiger partial charge in [-0.15, -0.1) is 0 Å². The number of aromatic nitrogens is 3. The zero-order valence-electron chi connectivity index (χ0n) is 15.0. The summed E-state index contributed by atoms with van der Waals surface area (Å²) < 4.78 is 0. The lowest BCUT2D eigenvalue weighted by atomic mass is 10.0. The first-order valence-electron chi connectivity index (χ1n) is 9.08. The first-order valence-corrected chi connectivity index (χ1v) is 9.08. The maximum Gasteiger partial charge on any atom is 0.138 e. The molecule has 0 fully saturated rings. The van der Waals surface area contributed by atoms with Crippen LogP contribution in [0.2, 0.25) is 0 Å². The van der Waals surface area contributed by atoms with Crippen molar-refractivity contribution in [3.63, 3.8) is 0 Å². The van der Waals surface area contributed by atoms with Crippen molar-refractivity contribution in [2.75, 3.05) is 0 Å². The molecule has 0 bridgehead atoms. The van der Waals surface area contributed by atoms with Gasteiger partial charge < -0.3 is 9.97 Å². The number of hydrogen-bond donors (Lipinski definition) is 2. The van der Waals surface area contributed by atoms with E-state index >= 15 is 0 Å². The Kier molecular flexibility index (Phi) is 3.65. The van der Waals surface area contributed by atoms with Gasteiger partial charge in [-0.2, -0.15) is 0 Å². The van der Waals surface area contributed by atoms with Crippen molar-refractivity contribution in [2.24, 2.45) is 0 Å². The van der Waals surface area contributed by atoms with E-state index < -0.39 is 0 Å². The summed E-state index contributed by atoms with van der Waals surface area (Å²) in [5, 5.41) is 1.19. The fourth-order valence-electron chi connectivity index (χ4n) is 3.50. The van der Waals surface area contributed by atoms with Crippen molar-refractivity contribution < 1.29 is 0 Å². The van der Waals surface area contributed by atoms with Crippen molar-refractivity contribution in [1.29, 1.82) is 0 Å². The van der Waals surface area contributed by atoms with Gasteiger partial charge in [-0.05, 0) is 13.0 Å². The van der Waals surface area contributed by atoms with E-state index in [0.29, 0.717) is 0 Å². The van der Waals surface area contributed by atoms with Crippen LogP contribution in [0.1, 0.15) is 5.56 Å². The second-order valence-corrected chi connectivity index (χ2v) is 6.79. The molecule has 2 N–H and O–H groups in total. The smallest absolute Gasteiger partial charge is 0.138 e. The monoisotopic (exact) mass is 349 g/mol. The maximum atomic E-state index is 4.97. The van der Waals surface area contributed by atoms with E-state index in [9.17, 15) is 0 Å². The Balaban J connectivity index is 1.76. The molecule has 0 aliphatic heterocycles. The number of aromatic amines is 2. The minimum atomic E-state index is 0.881. The molecule has 5 rings (SSSR count). The number of nitrogens with one attached hydrogen (secondary N) is 2. The van der Waals surface area contributed by atoms with Crippen LogP contribution in [0.3, 0.4) is 0 Å². The van der Waals surface area contributed by atoms with Gasteiger partial charge in [0.2, 0.25) is 0 Å². The van der Waals surface area contributed by atoms with Gasteiger partial charge in [0.1, 0.15) is 5.82 Å². The van der Waals surface area contributed by atoms with Crippen LogP contribution in [0, 0.1) is 6.92 Å². The van der Waals surface area contributed by atoms with Crippen LogP contribution in [-0.2, 0) is 0 Å². The number of H-pyrrole nitrogens is 2. The van der Waals surface area contributed by atoms with Crippen LogP contribution in [-0.4, -0.2) is 15.0 Å². The Hall–Kier alpha value is -3.59. The minimum Gasteiger partial charge on any atom is -0.360 e. The SMILES string of the molecule is Cc1ccc(-c2nc(-c3ccccc3)[nH]c2-c2c[nH]c3ccccc23)cc1. The lowest BCUT2D eigenvalue weighted by Crippen LogP contribution is -1.83. The third kappa shape index (κ3) is 2.74. The van der Waals surface area contributed by atoms with Crippen molar-refractivity contribution >= 4 is 10.9 Å². The number of benzene rings is 3. The van der Waals surface area contributed by atoms with Crippen LogP contribution >= 0.6 is 0 Å². The number of fused-ring (bicyclic) bond motifs is 1. The van der Waals surface area contributed by atoms with Crippen LogP contribution in [0.15, 0.2) is 85.1 Å². The molecule has 0 unspecified atom stereocenters. The molecule has 0 saturated carbocycles. The third-order valence-corrected chi connectivity index (χ3v) is 4.93. The van der Waals surface area contributed by atoms with Crippen LogP contribution < -0.4 is 0 Å². The molecule has 0 aliphatic rings. The Morgan fingerprint density at radius 1 is 0.741 bits per heavy atom. The average Bonchev–Trinajstić information content (AvgIpc) is 3.33. The largest absolute Gasteiger partial charge is 0.360 e. The molecular weight excluding hydrogens is 330 g/mol. The zero-order chi connectivity index (χ0) is 18.2. The molecule has 3 heteroatoms. The van der Waals surface area contributed by atoms with Gasteiger partial charge in [0.05, 0.1) is 11.4 Å². The zero-order valence-corrected chi connectivity index (χ0v) is 15.0. The second-order valence-electron chi connectivity index (χ2n) is 6.79. The van der Waals surface area contributed by atoms with E-state index in [1.165, 1.54) is 10.9 Å². The van der Waals surface area contributed by atoms with E-state index in [1.807, 2.05) is 24.3 Å². The second kappa shape index (κ2) is 6.29. The van der Waals surface area contributed by atoms with Crippen molar-refractivity contribution in [3.8, 4) is 33.9 Å². The summed E-state index contributed by atoms with van der Waals surface area (Å²) >= 11 is 0. The summed E-state index contributed by atoms with van der Waals surface area (Å²) in [6, 6.07) is 27.1. The van der Waals surface area contributed by atoms with Gasteiger partial charge in [0.25, 0.3) is 0 Å². The molecule has 0 amide bonds. The molecule has 5 aromatic rings. The van der Waals surface area contributed by atoms with E-state index in [2.05, 4.69) is 77.7 Å². The first kappa shape index (κ1) is 15.6. The molecule has 3 nitrogen and oxygen atoms in total. The summed E-state index contributed by atoms with van der Waals surface area (Å²) in [7, 11) is 0. The lowest BCUT2D eigenvalue weighted by molar-refractivity contribution is 1.31. The van der Waals surface area contributed by atoms with Crippen LogP contribution in [0.5, 0.6) is 0 Å². The Morgan fingerprint density at radius 3 is 2.30 bits per heavy atom. The highest BCUT2D eigenvalue weighted by Gasteiger charge is 2.17. The molecule has 0 aliphatic carbocycles. The topological polar surface area (TPSA) is 44.5 Å². The maximum absolute atomic E-state index is 4.97. The predicted molar refractivity (Wildman–Crippen MR) is 111 cm³/mol. The summed E-state index contributed by atoms with van der Waals surface area (Å²) in [5.74, 6) is 0.881. The van der Waals surface area contributed by atoms with E-state index in [4.69, 9.17) is 4.98 Å². The number of hydrogen-bond acceptors (Lipinski definition) is 1. The Bertz CT molecular complexity index is 1210. The fraction of sp³-hybridized carbons (Fsp3) is 0.0417. The van der Waals surface area contributed by atoms with Gasteiger partial charge >= 0.3 is 0 Å². The van der Waals surface area contributed by atoms with Crippen LogP contribution in [0.25, 0.3) is 44.8 Å². The Labute approximate surface area is 157 Å². The molecule has 130 valence electrons. The number of rotatable bonds is 3. The summed E-state index contributed by atoms with van der Waals surface area (Å²) in [5.41, 5.74) is 7.70. The fourth-order valence-corrected chi connectivity index (χ4v) is 3.50. The van der Waals surface area contributed by atoms with Gasteiger partial charge in [-0.25, -0.2) is 4.98 Å². The molecule has 0 radical (unpaired) electrons. The third-order valence-electron chi connectivity index (χ3n) is 4.93. The highest BCUT2D eigenvalue weighted by Crippen LogP contribution is 2.36. The molecular formula is C24H19N3. The van der Waals surface area contributed by atoms with E-state index in [0.717, 1.165) is 39.4 Å². The Morgan fingerprint density at radius 2 is 1.48 bits per heavy atom. The van der Waals surface area contributed by atoms with Crippen LogP contribution in [0.4, 0.5) is 0 Å². The molecule has 27 heavy (non-hydrogen) atoms. The average molecular weight is 349 g/mol. The normalized spacial score (nSPS) is 11.1. The first-order chi connectivity index (χ1) is 13.3. The van der Waals surface area contributed by atoms with E-state index in [1.54, 1.807) is 0 Å². The van der Waals surface area contributed by atoms with E-state index in [-0.39, 0.29) is 0 Å². The number of imidazole rings is 1. The van der Waals surface area contributed by atoms with Crippen molar-refractivity contribution in [2.45, 2.75) is 6.92 Å². The molecule has 2 heterocycles. The summed E-state index contributed by atoms with van der Waals surface area (Å²) in [6.07, 6.45) is 2.06. The number of para-hydroxylation sites is 1.